The number of benzene rings is 2. The van der Waals surface area contributed by atoms with Crippen molar-refractivity contribution in [3.63, 3.8) is 0 Å². The fourth-order valence-corrected chi connectivity index (χ4v) is 2.86. The first kappa shape index (κ1) is 17.4. The number of nitrogens with one attached hydrogen (secondary N) is 1. The van der Waals surface area contributed by atoms with Crippen molar-refractivity contribution in [3.8, 4) is 0 Å². The van der Waals surface area contributed by atoms with Crippen LogP contribution in [0.25, 0.3) is 0 Å². The van der Waals surface area contributed by atoms with Crippen LogP contribution in [-0.4, -0.2) is 20.9 Å². The number of esters is 1. The lowest BCUT2D eigenvalue weighted by atomic mass is 10.2. The Morgan fingerprint density at radius 3 is 2.43 bits per heavy atom. The molecule has 122 valence electrons. The summed E-state index contributed by atoms with van der Waals surface area (Å²) < 4.78 is 44.2. The zero-order valence-electron chi connectivity index (χ0n) is 11.8. The lowest BCUT2D eigenvalue weighted by Crippen LogP contribution is -2.31. The van der Waals surface area contributed by atoms with Crippen LogP contribution in [0.4, 0.5) is 4.39 Å². The Hall–Kier alpha value is -1.96. The smallest absolute Gasteiger partial charge is 0.321 e. The predicted octanol–water partition coefficient (Wildman–Crippen LogP) is 2.50. The van der Waals surface area contributed by atoms with Gasteiger partial charge in [-0.1, -0.05) is 35.9 Å². The largest absolute Gasteiger partial charge is 0.460 e. The first-order valence-corrected chi connectivity index (χ1v) is 8.39. The quantitative estimate of drug-likeness (QED) is 0.806. The molecule has 0 spiro atoms. The van der Waals surface area contributed by atoms with Gasteiger partial charge in [-0.2, -0.15) is 4.72 Å². The van der Waals surface area contributed by atoms with E-state index in [0.717, 1.165) is 12.1 Å². The number of ether oxygens (including phenoxy) is 1. The number of hydrogen-bond donors (Lipinski definition) is 1. The third-order valence-electron chi connectivity index (χ3n) is 2.85. The minimum atomic E-state index is -4.12. The first-order chi connectivity index (χ1) is 10.9. The molecule has 0 bridgehead atoms. The van der Waals surface area contributed by atoms with Crippen LogP contribution in [0.3, 0.4) is 0 Å². The van der Waals surface area contributed by atoms with E-state index in [0.29, 0.717) is 10.6 Å². The standard InChI is InChI=1S/C15H13ClFNO4S/c16-12-7-5-11(6-8-12)10-22-15(19)9-18-23(20,21)14-4-2-1-3-13(14)17/h1-8,18H,9-10H2. The summed E-state index contributed by atoms with van der Waals surface area (Å²) in [5.41, 5.74) is 0.708. The number of hydrogen-bond acceptors (Lipinski definition) is 4. The number of carbonyl (C=O) groups excluding carboxylic acids is 1. The third kappa shape index (κ3) is 5.02. The molecule has 2 aromatic carbocycles. The van der Waals surface area contributed by atoms with Crippen LogP contribution in [0, 0.1) is 5.82 Å². The molecule has 0 heterocycles. The molecule has 0 atom stereocenters. The molecule has 0 aliphatic heterocycles. The Morgan fingerprint density at radius 1 is 1.13 bits per heavy atom. The summed E-state index contributed by atoms with van der Waals surface area (Å²) >= 11 is 5.73. The molecule has 0 fully saturated rings. The van der Waals surface area contributed by atoms with Gasteiger partial charge in [0.15, 0.2) is 0 Å². The molecule has 0 aliphatic rings. The van der Waals surface area contributed by atoms with Gasteiger partial charge in [0.1, 0.15) is 23.9 Å². The van der Waals surface area contributed by atoms with Crippen molar-refractivity contribution in [2.24, 2.45) is 0 Å². The highest BCUT2D eigenvalue weighted by Crippen LogP contribution is 2.13. The molecule has 5 nitrogen and oxygen atoms in total. The van der Waals surface area contributed by atoms with Gasteiger partial charge in [-0.3, -0.25) is 4.79 Å². The zero-order chi connectivity index (χ0) is 16.9. The van der Waals surface area contributed by atoms with E-state index in [2.05, 4.69) is 0 Å². The minimum Gasteiger partial charge on any atom is -0.460 e. The Kier molecular flexibility index (Phi) is 5.70. The maximum atomic E-state index is 13.5. The van der Waals surface area contributed by atoms with Crippen molar-refractivity contribution in [2.45, 2.75) is 11.5 Å². The van der Waals surface area contributed by atoms with E-state index in [9.17, 15) is 17.6 Å². The normalized spacial score (nSPS) is 11.2. The fourth-order valence-electron chi connectivity index (χ4n) is 1.69. The molecule has 0 aromatic heterocycles. The molecule has 0 saturated heterocycles. The fraction of sp³-hybridized carbons (Fsp3) is 0.133. The number of rotatable bonds is 6. The highest BCUT2D eigenvalue weighted by atomic mass is 35.5. The van der Waals surface area contributed by atoms with E-state index < -0.39 is 33.3 Å². The molecule has 1 N–H and O–H groups in total. The summed E-state index contributed by atoms with van der Waals surface area (Å²) in [6.45, 7) is -0.609. The van der Waals surface area contributed by atoms with Crippen molar-refractivity contribution >= 4 is 27.6 Å². The van der Waals surface area contributed by atoms with Gasteiger partial charge in [0.2, 0.25) is 10.0 Å². The van der Waals surface area contributed by atoms with Gasteiger partial charge >= 0.3 is 5.97 Å². The number of sulfonamides is 1. The lowest BCUT2D eigenvalue weighted by molar-refractivity contribution is -0.143. The SMILES string of the molecule is O=C(CNS(=O)(=O)c1ccccc1F)OCc1ccc(Cl)cc1. The third-order valence-corrected chi connectivity index (χ3v) is 4.53. The van der Waals surface area contributed by atoms with Crippen molar-refractivity contribution in [1.29, 1.82) is 0 Å². The van der Waals surface area contributed by atoms with Crippen LogP contribution < -0.4 is 4.72 Å². The molecular formula is C15H13ClFNO4S. The van der Waals surface area contributed by atoms with Gasteiger partial charge in [-0.05, 0) is 29.8 Å². The average molecular weight is 358 g/mol. The Balaban J connectivity index is 1.89. The van der Waals surface area contributed by atoms with Crippen LogP contribution in [0.1, 0.15) is 5.56 Å². The molecule has 0 unspecified atom stereocenters. The molecule has 0 radical (unpaired) electrons. The van der Waals surface area contributed by atoms with Crippen LogP contribution in [0.2, 0.25) is 5.02 Å². The van der Waals surface area contributed by atoms with Crippen molar-refractivity contribution in [1.82, 2.24) is 4.72 Å². The van der Waals surface area contributed by atoms with Crippen molar-refractivity contribution in [2.75, 3.05) is 6.54 Å². The van der Waals surface area contributed by atoms with E-state index in [1.54, 1.807) is 24.3 Å². The molecular weight excluding hydrogens is 345 g/mol. The number of carbonyl (C=O) groups is 1. The van der Waals surface area contributed by atoms with Gasteiger partial charge in [0.05, 0.1) is 0 Å². The Morgan fingerprint density at radius 2 is 1.78 bits per heavy atom. The highest BCUT2D eigenvalue weighted by Gasteiger charge is 2.19. The molecule has 2 rings (SSSR count). The second-order valence-electron chi connectivity index (χ2n) is 4.54. The molecule has 0 aliphatic carbocycles. The first-order valence-electron chi connectivity index (χ1n) is 6.53. The summed E-state index contributed by atoms with van der Waals surface area (Å²) in [7, 11) is -4.12. The second kappa shape index (κ2) is 7.54. The van der Waals surface area contributed by atoms with E-state index in [4.69, 9.17) is 16.3 Å². The summed E-state index contributed by atoms with van der Waals surface area (Å²) in [5, 5.41) is 0.553. The molecule has 0 amide bonds. The van der Waals surface area contributed by atoms with E-state index in [-0.39, 0.29) is 6.61 Å². The van der Waals surface area contributed by atoms with Crippen LogP contribution in [0.15, 0.2) is 53.4 Å². The minimum absolute atomic E-state index is 0.0164. The van der Waals surface area contributed by atoms with Gasteiger partial charge in [0.25, 0.3) is 0 Å². The van der Waals surface area contributed by atoms with E-state index in [1.165, 1.54) is 12.1 Å². The summed E-state index contributed by atoms with van der Waals surface area (Å²) in [5.74, 6) is -1.67. The van der Waals surface area contributed by atoms with Crippen molar-refractivity contribution in [3.05, 3.63) is 64.9 Å². The second-order valence-corrected chi connectivity index (χ2v) is 6.71. The van der Waals surface area contributed by atoms with Crippen LogP contribution in [0.5, 0.6) is 0 Å². The van der Waals surface area contributed by atoms with Gasteiger partial charge in [0, 0.05) is 5.02 Å². The van der Waals surface area contributed by atoms with Gasteiger partial charge < -0.3 is 4.74 Å². The number of halogens is 2. The van der Waals surface area contributed by atoms with Gasteiger partial charge in [-0.15, -0.1) is 0 Å². The molecule has 23 heavy (non-hydrogen) atoms. The van der Waals surface area contributed by atoms with Crippen LogP contribution in [-0.2, 0) is 26.2 Å². The van der Waals surface area contributed by atoms with E-state index >= 15 is 0 Å². The molecule has 0 saturated carbocycles. The maximum Gasteiger partial charge on any atom is 0.321 e. The van der Waals surface area contributed by atoms with Gasteiger partial charge in [-0.25, -0.2) is 12.8 Å². The van der Waals surface area contributed by atoms with Crippen molar-refractivity contribution < 1.29 is 22.3 Å². The summed E-state index contributed by atoms with van der Waals surface area (Å²) in [4.78, 5) is 11.1. The predicted molar refractivity (Wildman–Crippen MR) is 82.8 cm³/mol. The lowest BCUT2D eigenvalue weighted by Gasteiger charge is -2.08. The summed E-state index contributed by atoms with van der Waals surface area (Å²) in [6, 6.07) is 11.5. The monoisotopic (exact) mass is 357 g/mol. The van der Waals surface area contributed by atoms with Crippen LogP contribution >= 0.6 is 11.6 Å². The zero-order valence-corrected chi connectivity index (χ0v) is 13.4. The average Bonchev–Trinajstić information content (AvgIpc) is 2.53. The highest BCUT2D eigenvalue weighted by molar-refractivity contribution is 7.89. The summed E-state index contributed by atoms with van der Waals surface area (Å²) in [6.07, 6.45) is 0. The Bertz CT molecular complexity index is 793. The van der Waals surface area contributed by atoms with E-state index in [1.807, 2.05) is 4.72 Å². The maximum absolute atomic E-state index is 13.5. The Labute approximate surface area is 138 Å². The molecule has 8 heteroatoms. The topological polar surface area (TPSA) is 72.5 Å². The molecule has 2 aromatic rings.